The van der Waals surface area contributed by atoms with Crippen LogP contribution in [0.2, 0.25) is 0 Å². The number of nitrogens with one attached hydrogen (secondary N) is 1. The van der Waals surface area contributed by atoms with Crippen molar-refractivity contribution >= 4 is 39.1 Å². The Kier molecular flexibility index (Phi) is 9.19. The maximum absolute atomic E-state index is 13.1. The first kappa shape index (κ1) is 35.3. The first-order chi connectivity index (χ1) is 26.7. The number of carbonyl (C=O) groups excluding carboxylic acids is 3. The number of fused-ring (bicyclic) bond motifs is 2. The second kappa shape index (κ2) is 14.3. The molecule has 0 bridgehead atoms. The van der Waals surface area contributed by atoms with E-state index in [1.54, 1.807) is 34.4 Å². The standard InChI is InChI=1S/C43H42N4O7S/c1-27-5-7-28(8-6-27)40-39(33-14-9-29(48)21-37(33)55-40)54-31-12-10-30(11-13-31)52-19-17-45-23-43(24-45)25-46(26-43)18-20-53-36-4-2-3-32-34(36)22-47(42(32)51)35-15-16-38(49)44-41(35)50/h2-14,21,35,48H,15-20,22-26H2,1H3,(H,44,49,50). The first-order valence-electron chi connectivity index (χ1n) is 18.8. The number of benzene rings is 4. The Morgan fingerprint density at radius 1 is 0.855 bits per heavy atom. The van der Waals surface area contributed by atoms with Gasteiger partial charge in [-0.2, -0.15) is 0 Å². The minimum absolute atomic E-state index is 0.192. The smallest absolute Gasteiger partial charge is 0.255 e. The van der Waals surface area contributed by atoms with Crippen molar-refractivity contribution in [3.05, 3.63) is 102 Å². The molecule has 3 fully saturated rings. The summed E-state index contributed by atoms with van der Waals surface area (Å²) in [6.07, 6.45) is 0.569. The molecule has 3 amide bonds. The van der Waals surface area contributed by atoms with Crippen LogP contribution in [0.4, 0.5) is 0 Å². The Labute approximate surface area is 323 Å². The molecule has 12 heteroatoms. The predicted molar refractivity (Wildman–Crippen MR) is 209 cm³/mol. The van der Waals surface area contributed by atoms with Gasteiger partial charge in [-0.05, 0) is 73.5 Å². The highest BCUT2D eigenvalue weighted by Gasteiger charge is 2.51. The van der Waals surface area contributed by atoms with Gasteiger partial charge in [0.15, 0.2) is 5.75 Å². The number of amides is 3. The molecule has 4 aromatic carbocycles. The zero-order valence-corrected chi connectivity index (χ0v) is 31.4. The van der Waals surface area contributed by atoms with E-state index in [-0.39, 0.29) is 24.0 Å². The number of hydrogen-bond donors (Lipinski definition) is 2. The lowest BCUT2D eigenvalue weighted by Crippen LogP contribution is -2.72. The predicted octanol–water partition coefficient (Wildman–Crippen LogP) is 6.21. The third kappa shape index (κ3) is 7.01. The second-order valence-corrected chi connectivity index (χ2v) is 16.2. The van der Waals surface area contributed by atoms with Crippen molar-refractivity contribution in [2.45, 2.75) is 32.4 Å². The van der Waals surface area contributed by atoms with Crippen LogP contribution < -0.4 is 19.5 Å². The first-order valence-corrected chi connectivity index (χ1v) is 19.6. The lowest BCUT2D eigenvalue weighted by atomic mass is 9.73. The summed E-state index contributed by atoms with van der Waals surface area (Å²) in [5.41, 5.74) is 3.98. The molecule has 1 atom stereocenters. The molecule has 9 rings (SSSR count). The topological polar surface area (TPSA) is 121 Å². The van der Waals surface area contributed by atoms with Gasteiger partial charge in [0, 0.05) is 72.3 Å². The van der Waals surface area contributed by atoms with Gasteiger partial charge in [-0.3, -0.25) is 29.5 Å². The molecule has 0 radical (unpaired) electrons. The normalized spacial score (nSPS) is 19.3. The van der Waals surface area contributed by atoms with E-state index in [2.05, 4.69) is 46.3 Å². The number of phenols is 1. The number of thiophene rings is 1. The van der Waals surface area contributed by atoms with Gasteiger partial charge in [0.05, 0.1) is 11.4 Å². The molecule has 1 unspecified atom stereocenters. The lowest BCUT2D eigenvalue weighted by Gasteiger charge is -2.60. The van der Waals surface area contributed by atoms with Crippen molar-refractivity contribution in [3.8, 4) is 39.2 Å². The van der Waals surface area contributed by atoms with Crippen molar-refractivity contribution in [2.75, 3.05) is 52.5 Å². The molecule has 0 aliphatic carbocycles. The third-order valence-corrected chi connectivity index (χ3v) is 12.3. The number of hydrogen-bond acceptors (Lipinski definition) is 10. The maximum Gasteiger partial charge on any atom is 0.255 e. The zero-order valence-electron chi connectivity index (χ0n) is 30.6. The molecule has 0 saturated carbocycles. The number of phenolic OH excluding ortho intramolecular Hbond substituents is 1. The number of nitrogens with zero attached hydrogens (tertiary/aromatic N) is 3. The summed E-state index contributed by atoms with van der Waals surface area (Å²) in [7, 11) is 0. The van der Waals surface area contributed by atoms with Crippen LogP contribution in [0.3, 0.4) is 0 Å². The highest BCUT2D eigenvalue weighted by atomic mass is 32.1. The van der Waals surface area contributed by atoms with E-state index in [0.29, 0.717) is 42.9 Å². The molecule has 2 N–H and O–H groups in total. The largest absolute Gasteiger partial charge is 0.508 e. The molecular formula is C43H42N4O7S. The van der Waals surface area contributed by atoms with Crippen LogP contribution in [-0.4, -0.2) is 96.1 Å². The molecule has 1 aromatic heterocycles. The number of ether oxygens (including phenoxy) is 3. The molecule has 3 saturated heterocycles. The summed E-state index contributed by atoms with van der Waals surface area (Å²) in [6.45, 7) is 9.36. The van der Waals surface area contributed by atoms with E-state index < -0.39 is 11.9 Å². The summed E-state index contributed by atoms with van der Waals surface area (Å²) in [5, 5.41) is 13.4. The van der Waals surface area contributed by atoms with Crippen LogP contribution in [0.15, 0.2) is 84.9 Å². The molecule has 1 spiro atoms. The number of imide groups is 1. The van der Waals surface area contributed by atoms with Gasteiger partial charge >= 0.3 is 0 Å². The van der Waals surface area contributed by atoms with Crippen LogP contribution in [0.1, 0.15) is 34.3 Å². The van der Waals surface area contributed by atoms with Crippen LogP contribution >= 0.6 is 11.3 Å². The molecule has 5 heterocycles. The van der Waals surface area contributed by atoms with Crippen molar-refractivity contribution in [1.82, 2.24) is 20.0 Å². The van der Waals surface area contributed by atoms with E-state index in [1.807, 2.05) is 42.5 Å². The van der Waals surface area contributed by atoms with Crippen molar-refractivity contribution in [2.24, 2.45) is 5.41 Å². The number of aromatic hydroxyl groups is 1. The summed E-state index contributed by atoms with van der Waals surface area (Å²) < 4.78 is 19.7. The molecule has 5 aromatic rings. The number of piperidine rings is 1. The fourth-order valence-electron chi connectivity index (χ4n) is 8.37. The van der Waals surface area contributed by atoms with Crippen LogP contribution in [0, 0.1) is 12.3 Å². The van der Waals surface area contributed by atoms with E-state index in [1.165, 1.54) is 5.56 Å². The highest BCUT2D eigenvalue weighted by molar-refractivity contribution is 7.22. The lowest BCUT2D eigenvalue weighted by molar-refractivity contribution is -0.136. The van der Waals surface area contributed by atoms with Gasteiger partial charge in [-0.15, -0.1) is 11.3 Å². The zero-order chi connectivity index (χ0) is 37.7. The molecule has 11 nitrogen and oxygen atoms in total. The number of aryl methyl sites for hydroxylation is 1. The van der Waals surface area contributed by atoms with Crippen LogP contribution in [-0.2, 0) is 16.1 Å². The molecule has 282 valence electrons. The van der Waals surface area contributed by atoms with Crippen molar-refractivity contribution < 1.29 is 33.7 Å². The van der Waals surface area contributed by atoms with Crippen molar-refractivity contribution in [3.63, 3.8) is 0 Å². The minimum atomic E-state index is -0.640. The Bertz CT molecular complexity index is 2280. The average Bonchev–Trinajstić information content (AvgIpc) is 3.67. The second-order valence-electron chi connectivity index (χ2n) is 15.2. The summed E-state index contributed by atoms with van der Waals surface area (Å²) >= 11 is 1.61. The number of likely N-dealkylation sites (tertiary alicyclic amines) is 2. The highest BCUT2D eigenvalue weighted by Crippen LogP contribution is 2.47. The summed E-state index contributed by atoms with van der Waals surface area (Å²) in [6, 6.07) is 26.4. The van der Waals surface area contributed by atoms with E-state index in [0.717, 1.165) is 82.6 Å². The maximum atomic E-state index is 13.1. The average molecular weight is 759 g/mol. The molecule has 55 heavy (non-hydrogen) atoms. The van der Waals surface area contributed by atoms with Gasteiger partial charge in [0.2, 0.25) is 11.8 Å². The van der Waals surface area contributed by atoms with Gasteiger partial charge in [-0.1, -0.05) is 35.9 Å². The van der Waals surface area contributed by atoms with Crippen molar-refractivity contribution in [1.29, 1.82) is 0 Å². The monoisotopic (exact) mass is 758 g/mol. The van der Waals surface area contributed by atoms with Gasteiger partial charge in [0.1, 0.15) is 42.3 Å². The molecule has 4 aliphatic heterocycles. The van der Waals surface area contributed by atoms with Gasteiger partial charge in [0.25, 0.3) is 5.91 Å². The Morgan fingerprint density at radius 2 is 1.56 bits per heavy atom. The van der Waals surface area contributed by atoms with Gasteiger partial charge in [-0.25, -0.2) is 0 Å². The third-order valence-electron chi connectivity index (χ3n) is 11.1. The SMILES string of the molecule is Cc1ccc(-c2sc3cc(O)ccc3c2Oc2ccc(OCCN3CC4(C3)CN(CCOc3cccc5c3CN(C3CCC(=O)NC3=O)C5=O)C4)cc2)cc1. The van der Waals surface area contributed by atoms with E-state index in [4.69, 9.17) is 14.2 Å². The Hall–Kier alpha value is -5.43. The Morgan fingerprint density at radius 3 is 2.29 bits per heavy atom. The van der Waals surface area contributed by atoms with Crippen LogP contribution in [0.5, 0.6) is 28.7 Å². The van der Waals surface area contributed by atoms with Crippen LogP contribution in [0.25, 0.3) is 20.5 Å². The van der Waals surface area contributed by atoms with E-state index in [9.17, 15) is 19.5 Å². The fourth-order valence-corrected chi connectivity index (χ4v) is 9.54. The summed E-state index contributed by atoms with van der Waals surface area (Å²) in [4.78, 5) is 44.6. The quantitative estimate of drug-likeness (QED) is 0.143. The number of carbonyl (C=O) groups is 3. The molecule has 4 aliphatic rings. The molecular weight excluding hydrogens is 717 g/mol. The van der Waals surface area contributed by atoms with E-state index >= 15 is 0 Å². The fraction of sp³-hybridized carbons (Fsp3) is 0.326. The van der Waals surface area contributed by atoms with Gasteiger partial charge < -0.3 is 24.2 Å². The summed E-state index contributed by atoms with van der Waals surface area (Å²) in [5.74, 6) is 2.32. The Balaban J connectivity index is 0.712. The number of rotatable bonds is 12. The minimum Gasteiger partial charge on any atom is -0.508 e.